The summed E-state index contributed by atoms with van der Waals surface area (Å²) < 4.78 is 0. The first kappa shape index (κ1) is 12.9. The van der Waals surface area contributed by atoms with Crippen molar-refractivity contribution in [1.82, 2.24) is 20.6 Å². The molecule has 1 fully saturated rings. The highest BCUT2D eigenvalue weighted by Crippen LogP contribution is 2.15. The number of carbonyl (C=O) groups excluding carboxylic acids is 1. The van der Waals surface area contributed by atoms with E-state index in [1.165, 1.54) is 0 Å². The molecule has 3 rings (SSSR count). The second kappa shape index (κ2) is 5.88. The first-order valence-corrected chi connectivity index (χ1v) is 6.93. The summed E-state index contributed by atoms with van der Waals surface area (Å²) in [4.78, 5) is 19.4. The summed E-state index contributed by atoms with van der Waals surface area (Å²) in [5.74, 6) is 0.829. The van der Waals surface area contributed by atoms with Gasteiger partial charge in [0.05, 0.1) is 24.5 Å². The van der Waals surface area contributed by atoms with Crippen LogP contribution >= 0.6 is 0 Å². The third-order valence-electron chi connectivity index (χ3n) is 3.52. The fourth-order valence-electron chi connectivity index (χ4n) is 2.42. The van der Waals surface area contributed by atoms with Crippen LogP contribution in [0.5, 0.6) is 0 Å². The Labute approximate surface area is 117 Å². The molecule has 20 heavy (non-hydrogen) atoms. The van der Waals surface area contributed by atoms with E-state index in [0.29, 0.717) is 6.54 Å². The Morgan fingerprint density at radius 2 is 2.20 bits per heavy atom. The molecule has 3 N–H and O–H groups in total. The van der Waals surface area contributed by atoms with E-state index < -0.39 is 0 Å². The first-order valence-electron chi connectivity index (χ1n) is 6.93. The number of hydrogen-bond acceptors (Lipinski definition) is 3. The summed E-state index contributed by atoms with van der Waals surface area (Å²) in [5, 5.41) is 6.09. The van der Waals surface area contributed by atoms with Crippen molar-refractivity contribution in [2.24, 2.45) is 0 Å². The monoisotopic (exact) mass is 270 g/mol. The minimum atomic E-state index is -0.0430. The molecule has 0 radical (unpaired) electrons. The van der Waals surface area contributed by atoms with Crippen molar-refractivity contribution >= 4 is 5.91 Å². The smallest absolute Gasteiger partial charge is 0.237 e. The molecule has 0 bridgehead atoms. The molecule has 1 aromatic heterocycles. The second-order valence-electron chi connectivity index (χ2n) is 4.98. The van der Waals surface area contributed by atoms with Crippen LogP contribution in [-0.4, -0.2) is 28.5 Å². The maximum atomic E-state index is 11.9. The predicted molar refractivity (Wildman–Crippen MR) is 76.9 cm³/mol. The van der Waals surface area contributed by atoms with Gasteiger partial charge in [0, 0.05) is 0 Å². The van der Waals surface area contributed by atoms with Crippen LogP contribution in [0.25, 0.3) is 11.3 Å². The van der Waals surface area contributed by atoms with Crippen LogP contribution in [0.15, 0.2) is 36.5 Å². The van der Waals surface area contributed by atoms with Crippen LogP contribution in [0.2, 0.25) is 0 Å². The molecule has 1 atom stereocenters. The first-order chi connectivity index (χ1) is 9.83. The molecule has 0 spiro atoms. The van der Waals surface area contributed by atoms with Gasteiger partial charge in [-0.25, -0.2) is 4.98 Å². The van der Waals surface area contributed by atoms with E-state index in [2.05, 4.69) is 20.6 Å². The van der Waals surface area contributed by atoms with Crippen LogP contribution in [0.4, 0.5) is 0 Å². The number of carbonyl (C=O) groups is 1. The molecule has 1 unspecified atom stereocenters. The van der Waals surface area contributed by atoms with E-state index in [1.807, 2.05) is 30.3 Å². The number of nitrogens with zero attached hydrogens (tertiary/aromatic N) is 1. The Hall–Kier alpha value is -2.14. The molecule has 1 aromatic carbocycles. The highest BCUT2D eigenvalue weighted by atomic mass is 16.2. The third-order valence-corrected chi connectivity index (χ3v) is 3.52. The number of imidazole rings is 1. The van der Waals surface area contributed by atoms with Crippen molar-refractivity contribution < 1.29 is 4.79 Å². The standard InChI is InChI=1S/C15H18N4O/c20-15(12-7-4-8-16-12)18-10-14-17-9-13(19-14)11-5-2-1-3-6-11/h1-3,5-6,9,12,16H,4,7-8,10H2,(H,17,19)(H,18,20). The summed E-state index contributed by atoms with van der Waals surface area (Å²) >= 11 is 0. The van der Waals surface area contributed by atoms with Crippen LogP contribution in [0.3, 0.4) is 0 Å². The third kappa shape index (κ3) is 2.88. The summed E-state index contributed by atoms with van der Waals surface area (Å²) in [6.07, 6.45) is 3.78. The lowest BCUT2D eigenvalue weighted by atomic mass is 10.2. The Balaban J connectivity index is 1.59. The van der Waals surface area contributed by atoms with Gasteiger partial charge in [-0.1, -0.05) is 30.3 Å². The van der Waals surface area contributed by atoms with Gasteiger partial charge in [-0.05, 0) is 24.9 Å². The molecule has 1 aliphatic rings. The average Bonchev–Trinajstić information content (AvgIpc) is 3.17. The van der Waals surface area contributed by atoms with Gasteiger partial charge in [0.2, 0.25) is 5.91 Å². The quantitative estimate of drug-likeness (QED) is 0.787. The number of benzene rings is 1. The maximum Gasteiger partial charge on any atom is 0.237 e. The van der Waals surface area contributed by atoms with Crippen LogP contribution in [0, 0.1) is 0 Å². The number of aromatic nitrogens is 2. The number of amides is 1. The van der Waals surface area contributed by atoms with Gasteiger partial charge in [-0.3, -0.25) is 4.79 Å². The Morgan fingerprint density at radius 1 is 1.35 bits per heavy atom. The van der Waals surface area contributed by atoms with Gasteiger partial charge in [0.1, 0.15) is 5.82 Å². The molecule has 5 heteroatoms. The SMILES string of the molecule is O=C(NCc1ncc(-c2ccccc2)[nH]1)C1CCCN1. The largest absolute Gasteiger partial charge is 0.348 e. The van der Waals surface area contributed by atoms with Gasteiger partial charge in [-0.15, -0.1) is 0 Å². The van der Waals surface area contributed by atoms with Crippen molar-refractivity contribution in [3.05, 3.63) is 42.4 Å². The molecule has 1 aliphatic heterocycles. The van der Waals surface area contributed by atoms with Gasteiger partial charge >= 0.3 is 0 Å². The van der Waals surface area contributed by atoms with Crippen molar-refractivity contribution in [3.63, 3.8) is 0 Å². The molecule has 5 nitrogen and oxygen atoms in total. The van der Waals surface area contributed by atoms with Crippen molar-refractivity contribution in [2.75, 3.05) is 6.54 Å². The zero-order chi connectivity index (χ0) is 13.8. The Morgan fingerprint density at radius 3 is 2.95 bits per heavy atom. The van der Waals surface area contributed by atoms with Gasteiger partial charge < -0.3 is 15.6 Å². The van der Waals surface area contributed by atoms with Crippen LogP contribution < -0.4 is 10.6 Å². The van der Waals surface area contributed by atoms with E-state index >= 15 is 0 Å². The predicted octanol–water partition coefficient (Wildman–Crippen LogP) is 1.44. The molecule has 2 heterocycles. The van der Waals surface area contributed by atoms with Crippen LogP contribution in [-0.2, 0) is 11.3 Å². The fraction of sp³-hybridized carbons (Fsp3) is 0.333. The summed E-state index contributed by atoms with van der Waals surface area (Å²) in [7, 11) is 0. The topological polar surface area (TPSA) is 69.8 Å². The fourth-order valence-corrected chi connectivity index (χ4v) is 2.42. The lowest BCUT2D eigenvalue weighted by Crippen LogP contribution is -2.40. The number of hydrogen-bond donors (Lipinski definition) is 3. The van der Waals surface area contributed by atoms with Gasteiger partial charge in [-0.2, -0.15) is 0 Å². The Bertz CT molecular complexity index is 573. The number of aromatic amines is 1. The lowest BCUT2D eigenvalue weighted by Gasteiger charge is -2.09. The molecule has 1 saturated heterocycles. The number of H-pyrrole nitrogens is 1. The second-order valence-corrected chi connectivity index (χ2v) is 4.98. The van der Waals surface area contributed by atoms with E-state index in [0.717, 1.165) is 36.5 Å². The molecular weight excluding hydrogens is 252 g/mol. The molecule has 0 aliphatic carbocycles. The van der Waals surface area contributed by atoms with Crippen molar-refractivity contribution in [2.45, 2.75) is 25.4 Å². The zero-order valence-electron chi connectivity index (χ0n) is 11.2. The van der Waals surface area contributed by atoms with Gasteiger partial charge in [0.15, 0.2) is 0 Å². The van der Waals surface area contributed by atoms with E-state index in [-0.39, 0.29) is 11.9 Å². The lowest BCUT2D eigenvalue weighted by molar-refractivity contribution is -0.122. The molecule has 0 saturated carbocycles. The zero-order valence-corrected chi connectivity index (χ0v) is 11.2. The minimum Gasteiger partial charge on any atom is -0.348 e. The van der Waals surface area contributed by atoms with Gasteiger partial charge in [0.25, 0.3) is 0 Å². The van der Waals surface area contributed by atoms with Crippen molar-refractivity contribution in [1.29, 1.82) is 0 Å². The summed E-state index contributed by atoms with van der Waals surface area (Å²) in [6.45, 7) is 1.36. The molecule has 1 amide bonds. The minimum absolute atomic E-state index is 0.0430. The highest BCUT2D eigenvalue weighted by Gasteiger charge is 2.21. The molecule has 2 aromatic rings. The van der Waals surface area contributed by atoms with Crippen LogP contribution in [0.1, 0.15) is 18.7 Å². The van der Waals surface area contributed by atoms with E-state index in [1.54, 1.807) is 6.20 Å². The number of rotatable bonds is 4. The highest BCUT2D eigenvalue weighted by molar-refractivity contribution is 5.81. The average molecular weight is 270 g/mol. The van der Waals surface area contributed by atoms with Crippen molar-refractivity contribution in [3.8, 4) is 11.3 Å². The Kier molecular flexibility index (Phi) is 3.78. The molecular formula is C15H18N4O. The van der Waals surface area contributed by atoms with E-state index in [9.17, 15) is 4.79 Å². The molecule has 104 valence electrons. The van der Waals surface area contributed by atoms with E-state index in [4.69, 9.17) is 0 Å². The summed E-state index contributed by atoms with van der Waals surface area (Å²) in [6, 6.07) is 9.97. The number of nitrogens with one attached hydrogen (secondary N) is 3. The normalized spacial score (nSPS) is 18.1. The summed E-state index contributed by atoms with van der Waals surface area (Å²) in [5.41, 5.74) is 2.06. The maximum absolute atomic E-state index is 11.9.